The standard InChI is InChI=1S/C19H22F2N4O3/c1-8(22)9-4-5-24(6-9)17-13(20)15(23)12-16(14(17)21)25(10-2-3-10)7-11(18(12)26)19(27)28/h7-10H,2-6,22-23H2,1H3,(H,27,28)/t8-,9+/m1/s1. The molecule has 1 aliphatic heterocycles. The zero-order chi connectivity index (χ0) is 20.3. The molecule has 1 aliphatic carbocycles. The SMILES string of the molecule is C[C@@H](N)[C@H]1CCN(c2c(F)c(N)c3c(=O)c(C(=O)O)cn(C4CC4)c3c2F)C1. The molecule has 2 fully saturated rings. The van der Waals surface area contributed by atoms with Gasteiger partial charge in [0.1, 0.15) is 11.3 Å². The average Bonchev–Trinajstić information content (AvgIpc) is 3.36. The zero-order valence-corrected chi connectivity index (χ0v) is 15.4. The lowest BCUT2D eigenvalue weighted by Gasteiger charge is -2.24. The minimum atomic E-state index is -1.45. The molecule has 1 aromatic heterocycles. The average molecular weight is 392 g/mol. The van der Waals surface area contributed by atoms with Gasteiger partial charge in [-0.3, -0.25) is 4.79 Å². The number of benzene rings is 1. The Labute approximate surface area is 159 Å². The highest BCUT2D eigenvalue weighted by atomic mass is 19.1. The number of pyridine rings is 1. The van der Waals surface area contributed by atoms with E-state index in [1.165, 1.54) is 4.57 Å². The summed E-state index contributed by atoms with van der Waals surface area (Å²) < 4.78 is 32.1. The molecule has 5 N–H and O–H groups in total. The molecule has 1 saturated heterocycles. The number of halogens is 2. The minimum Gasteiger partial charge on any atom is -0.477 e. The number of nitrogens with zero attached hydrogens (tertiary/aromatic N) is 2. The third-order valence-electron chi connectivity index (χ3n) is 5.82. The molecule has 2 heterocycles. The van der Waals surface area contributed by atoms with Crippen LogP contribution in [-0.2, 0) is 0 Å². The number of hydrogen-bond acceptors (Lipinski definition) is 5. The number of nitrogens with two attached hydrogens (primary N) is 2. The van der Waals surface area contributed by atoms with Crippen molar-refractivity contribution in [2.45, 2.75) is 38.3 Å². The number of aromatic carboxylic acids is 1. The first-order valence-corrected chi connectivity index (χ1v) is 9.31. The van der Waals surface area contributed by atoms with Gasteiger partial charge in [0.15, 0.2) is 11.6 Å². The van der Waals surface area contributed by atoms with Crippen LogP contribution in [0.1, 0.15) is 42.6 Å². The van der Waals surface area contributed by atoms with Gasteiger partial charge in [-0.25, -0.2) is 13.6 Å². The van der Waals surface area contributed by atoms with E-state index in [0.717, 1.165) is 19.0 Å². The van der Waals surface area contributed by atoms with Gasteiger partial charge in [-0.1, -0.05) is 0 Å². The third-order valence-corrected chi connectivity index (χ3v) is 5.82. The van der Waals surface area contributed by atoms with Crippen LogP contribution in [0.25, 0.3) is 10.9 Å². The number of hydrogen-bond donors (Lipinski definition) is 3. The summed E-state index contributed by atoms with van der Waals surface area (Å²) in [5.74, 6) is -3.27. The van der Waals surface area contributed by atoms with Crippen molar-refractivity contribution in [3.05, 3.63) is 33.6 Å². The van der Waals surface area contributed by atoms with Crippen molar-refractivity contribution in [1.82, 2.24) is 4.57 Å². The number of carboxylic acids is 1. The second-order valence-electron chi connectivity index (χ2n) is 7.78. The summed E-state index contributed by atoms with van der Waals surface area (Å²) in [6.07, 6.45) is 3.28. The van der Waals surface area contributed by atoms with Crippen molar-refractivity contribution in [3.8, 4) is 0 Å². The topological polar surface area (TPSA) is 115 Å². The molecule has 0 amide bonds. The number of anilines is 2. The number of rotatable bonds is 4. The van der Waals surface area contributed by atoms with E-state index in [2.05, 4.69) is 0 Å². The molecule has 0 bridgehead atoms. The summed E-state index contributed by atoms with van der Waals surface area (Å²) in [7, 11) is 0. The monoisotopic (exact) mass is 392 g/mol. The molecule has 7 nitrogen and oxygen atoms in total. The molecule has 2 aromatic rings. The van der Waals surface area contributed by atoms with Gasteiger partial charge >= 0.3 is 5.97 Å². The van der Waals surface area contributed by atoms with Gasteiger partial charge in [-0.05, 0) is 32.1 Å². The first-order valence-electron chi connectivity index (χ1n) is 9.31. The Bertz CT molecular complexity index is 1050. The van der Waals surface area contributed by atoms with E-state index in [9.17, 15) is 14.7 Å². The molecule has 4 rings (SSSR count). The van der Waals surface area contributed by atoms with Crippen molar-refractivity contribution in [1.29, 1.82) is 0 Å². The van der Waals surface area contributed by atoms with Crippen LogP contribution in [0.15, 0.2) is 11.0 Å². The Balaban J connectivity index is 2.00. The van der Waals surface area contributed by atoms with Gasteiger partial charge in [0.05, 0.1) is 16.6 Å². The number of carbonyl (C=O) groups is 1. The predicted molar refractivity (Wildman–Crippen MR) is 102 cm³/mol. The van der Waals surface area contributed by atoms with Gasteiger partial charge in [-0.15, -0.1) is 0 Å². The van der Waals surface area contributed by atoms with Crippen LogP contribution in [0, 0.1) is 17.6 Å². The summed E-state index contributed by atoms with van der Waals surface area (Å²) >= 11 is 0. The normalized spacial score (nSPS) is 20.7. The number of nitrogen functional groups attached to an aromatic ring is 1. The molecule has 28 heavy (non-hydrogen) atoms. The Kier molecular flexibility index (Phi) is 4.29. The Morgan fingerprint density at radius 2 is 1.96 bits per heavy atom. The van der Waals surface area contributed by atoms with Crippen molar-refractivity contribution in [3.63, 3.8) is 0 Å². The molecule has 2 atom stereocenters. The van der Waals surface area contributed by atoms with Crippen LogP contribution >= 0.6 is 0 Å². The van der Waals surface area contributed by atoms with E-state index < -0.39 is 39.7 Å². The summed E-state index contributed by atoms with van der Waals surface area (Å²) in [5.41, 5.74) is 9.40. The molecule has 1 aromatic carbocycles. The van der Waals surface area contributed by atoms with Gasteiger partial charge in [0.2, 0.25) is 5.43 Å². The highest BCUT2D eigenvalue weighted by molar-refractivity contribution is 5.99. The van der Waals surface area contributed by atoms with Crippen LogP contribution in [0.3, 0.4) is 0 Å². The smallest absolute Gasteiger partial charge is 0.341 e. The first-order chi connectivity index (χ1) is 13.2. The lowest BCUT2D eigenvalue weighted by atomic mass is 10.0. The van der Waals surface area contributed by atoms with Crippen LogP contribution in [-0.4, -0.2) is 34.8 Å². The number of aromatic nitrogens is 1. The Hall–Kier alpha value is -2.68. The first kappa shape index (κ1) is 18.7. The highest BCUT2D eigenvalue weighted by Crippen LogP contribution is 2.42. The fourth-order valence-corrected chi connectivity index (χ4v) is 4.04. The van der Waals surface area contributed by atoms with Crippen LogP contribution in [0.5, 0.6) is 0 Å². The Morgan fingerprint density at radius 3 is 2.50 bits per heavy atom. The molecule has 0 radical (unpaired) electrons. The lowest BCUT2D eigenvalue weighted by molar-refractivity contribution is 0.0695. The number of carboxylic acid groups (broad SMARTS) is 1. The fourth-order valence-electron chi connectivity index (χ4n) is 4.04. The van der Waals surface area contributed by atoms with E-state index in [0.29, 0.717) is 19.5 Å². The molecule has 1 saturated carbocycles. The maximum absolute atomic E-state index is 15.6. The van der Waals surface area contributed by atoms with Crippen molar-refractivity contribution in [2.75, 3.05) is 23.7 Å². The maximum Gasteiger partial charge on any atom is 0.341 e. The second-order valence-corrected chi connectivity index (χ2v) is 7.78. The molecular weight excluding hydrogens is 370 g/mol. The molecule has 150 valence electrons. The van der Waals surface area contributed by atoms with Crippen LogP contribution in [0.2, 0.25) is 0 Å². The summed E-state index contributed by atoms with van der Waals surface area (Å²) in [5, 5.41) is 8.92. The largest absolute Gasteiger partial charge is 0.477 e. The van der Waals surface area contributed by atoms with Gasteiger partial charge in [0, 0.05) is 31.4 Å². The molecular formula is C19H22F2N4O3. The quantitative estimate of drug-likeness (QED) is 0.687. The minimum absolute atomic E-state index is 0.0933. The highest BCUT2D eigenvalue weighted by Gasteiger charge is 2.35. The van der Waals surface area contributed by atoms with E-state index in [-0.39, 0.29) is 29.2 Å². The van der Waals surface area contributed by atoms with Gasteiger partial charge in [0.25, 0.3) is 0 Å². The molecule has 9 heteroatoms. The summed E-state index contributed by atoms with van der Waals surface area (Å²) in [6.45, 7) is 2.66. The predicted octanol–water partition coefficient (Wildman–Crippen LogP) is 2.07. The van der Waals surface area contributed by atoms with Crippen molar-refractivity contribution < 1.29 is 18.7 Å². The maximum atomic E-state index is 15.6. The Morgan fingerprint density at radius 1 is 1.29 bits per heavy atom. The van der Waals surface area contributed by atoms with Gasteiger partial charge in [-0.2, -0.15) is 0 Å². The van der Waals surface area contributed by atoms with Crippen LogP contribution < -0.4 is 21.8 Å². The molecule has 2 aliphatic rings. The van der Waals surface area contributed by atoms with Crippen molar-refractivity contribution >= 4 is 28.2 Å². The molecule has 0 unspecified atom stereocenters. The van der Waals surface area contributed by atoms with Crippen molar-refractivity contribution in [2.24, 2.45) is 11.7 Å². The van der Waals surface area contributed by atoms with E-state index in [1.807, 2.05) is 6.92 Å². The third kappa shape index (κ3) is 2.72. The number of fused-ring (bicyclic) bond motifs is 1. The zero-order valence-electron chi connectivity index (χ0n) is 15.4. The lowest BCUT2D eigenvalue weighted by Crippen LogP contribution is -2.31. The summed E-state index contributed by atoms with van der Waals surface area (Å²) in [6, 6.07) is -0.250. The van der Waals surface area contributed by atoms with Gasteiger partial charge < -0.3 is 26.0 Å². The van der Waals surface area contributed by atoms with E-state index >= 15 is 8.78 Å². The molecule has 0 spiro atoms. The van der Waals surface area contributed by atoms with E-state index in [4.69, 9.17) is 11.5 Å². The van der Waals surface area contributed by atoms with E-state index in [1.54, 1.807) is 4.90 Å². The second kappa shape index (κ2) is 6.44. The fraction of sp³-hybridized carbons (Fsp3) is 0.474. The van der Waals surface area contributed by atoms with Crippen LogP contribution in [0.4, 0.5) is 20.2 Å². The summed E-state index contributed by atoms with van der Waals surface area (Å²) in [4.78, 5) is 25.7.